The van der Waals surface area contributed by atoms with Crippen LogP contribution in [0.4, 0.5) is 5.95 Å². The highest BCUT2D eigenvalue weighted by molar-refractivity contribution is 6.31. The normalized spacial score (nSPS) is 18.2. The van der Waals surface area contributed by atoms with E-state index in [1.165, 1.54) is 25.9 Å². The minimum absolute atomic E-state index is 0.594. The number of nitrogens with zero attached hydrogens (tertiary/aromatic N) is 3. The average molecular weight is 279 g/mol. The van der Waals surface area contributed by atoms with Crippen LogP contribution in [-0.4, -0.2) is 34.6 Å². The molecule has 2 N–H and O–H groups in total. The number of nitrogens with two attached hydrogens (primary N) is 1. The third kappa shape index (κ3) is 2.55. The molecule has 3 rings (SSSR count). The number of aromatic nitrogens is 2. The molecule has 0 unspecified atom stereocenters. The number of likely N-dealkylation sites (tertiary alicyclic amines) is 1. The summed E-state index contributed by atoms with van der Waals surface area (Å²) in [6, 6.07) is 5.78. The van der Waals surface area contributed by atoms with Crippen LogP contribution in [0.25, 0.3) is 11.0 Å². The van der Waals surface area contributed by atoms with E-state index in [1.807, 2.05) is 18.2 Å². The molecule has 2 heterocycles. The molecular formula is C14H19ClN4. The van der Waals surface area contributed by atoms with Crippen LogP contribution < -0.4 is 5.73 Å². The smallest absolute Gasteiger partial charge is 0.201 e. The predicted octanol–water partition coefficient (Wildman–Crippen LogP) is 2.61. The van der Waals surface area contributed by atoms with Gasteiger partial charge in [0.25, 0.3) is 0 Å². The van der Waals surface area contributed by atoms with E-state index in [0.717, 1.165) is 17.6 Å². The van der Waals surface area contributed by atoms with Crippen LogP contribution in [0.1, 0.15) is 12.8 Å². The van der Waals surface area contributed by atoms with Crippen LogP contribution in [0, 0.1) is 5.92 Å². The van der Waals surface area contributed by atoms with Crippen molar-refractivity contribution >= 4 is 28.6 Å². The molecule has 4 nitrogen and oxygen atoms in total. The van der Waals surface area contributed by atoms with Gasteiger partial charge < -0.3 is 15.2 Å². The Labute approximate surface area is 118 Å². The molecular weight excluding hydrogens is 260 g/mol. The van der Waals surface area contributed by atoms with Crippen LogP contribution in [0.3, 0.4) is 0 Å². The standard InChI is InChI=1S/C14H19ClN4/c1-18-6-4-10(5-7-18)9-19-13-3-2-11(15)8-12(13)17-14(19)16/h2-3,8,10H,4-7,9H2,1H3,(H2,16,17). The second-order valence-electron chi connectivity index (χ2n) is 5.46. The van der Waals surface area contributed by atoms with Crippen molar-refractivity contribution in [3.8, 4) is 0 Å². The second kappa shape index (κ2) is 5.02. The number of nitrogen functional groups attached to an aromatic ring is 1. The zero-order valence-electron chi connectivity index (χ0n) is 11.1. The molecule has 0 bridgehead atoms. The highest BCUT2D eigenvalue weighted by Gasteiger charge is 2.19. The lowest BCUT2D eigenvalue weighted by Crippen LogP contribution is -2.32. The van der Waals surface area contributed by atoms with Gasteiger partial charge in [0.2, 0.25) is 5.95 Å². The van der Waals surface area contributed by atoms with E-state index in [4.69, 9.17) is 17.3 Å². The van der Waals surface area contributed by atoms with Gasteiger partial charge in [0.1, 0.15) is 0 Å². The molecule has 2 aromatic rings. The molecule has 0 radical (unpaired) electrons. The Morgan fingerprint density at radius 1 is 1.37 bits per heavy atom. The number of rotatable bonds is 2. The summed E-state index contributed by atoms with van der Waals surface area (Å²) in [6.07, 6.45) is 2.45. The van der Waals surface area contributed by atoms with E-state index in [2.05, 4.69) is 21.5 Å². The van der Waals surface area contributed by atoms with Gasteiger partial charge in [0, 0.05) is 11.6 Å². The zero-order chi connectivity index (χ0) is 13.4. The number of benzene rings is 1. The van der Waals surface area contributed by atoms with Gasteiger partial charge in [-0.1, -0.05) is 11.6 Å². The lowest BCUT2D eigenvalue weighted by atomic mass is 9.97. The molecule has 1 aromatic carbocycles. The SMILES string of the molecule is CN1CCC(Cn2c(N)nc3cc(Cl)ccc32)CC1. The van der Waals surface area contributed by atoms with Gasteiger partial charge >= 0.3 is 0 Å². The van der Waals surface area contributed by atoms with Crippen molar-refractivity contribution in [2.75, 3.05) is 25.9 Å². The Morgan fingerprint density at radius 2 is 2.11 bits per heavy atom. The van der Waals surface area contributed by atoms with Gasteiger partial charge in [-0.2, -0.15) is 0 Å². The summed E-state index contributed by atoms with van der Waals surface area (Å²) < 4.78 is 2.13. The van der Waals surface area contributed by atoms with Crippen LogP contribution in [0.5, 0.6) is 0 Å². The number of imidazole rings is 1. The fourth-order valence-electron chi connectivity index (χ4n) is 2.82. The zero-order valence-corrected chi connectivity index (χ0v) is 11.9. The second-order valence-corrected chi connectivity index (χ2v) is 5.90. The third-order valence-corrected chi connectivity index (χ3v) is 4.25. The van der Waals surface area contributed by atoms with Crippen molar-refractivity contribution in [1.82, 2.24) is 14.5 Å². The number of halogens is 1. The topological polar surface area (TPSA) is 47.1 Å². The van der Waals surface area contributed by atoms with Gasteiger partial charge in [-0.05, 0) is 57.1 Å². The summed E-state index contributed by atoms with van der Waals surface area (Å²) in [7, 11) is 2.18. The first-order chi connectivity index (χ1) is 9.13. The predicted molar refractivity (Wildman–Crippen MR) is 79.4 cm³/mol. The van der Waals surface area contributed by atoms with Crippen LogP contribution in [0.2, 0.25) is 5.02 Å². The number of hydrogen-bond donors (Lipinski definition) is 1. The molecule has 0 aliphatic carbocycles. The monoisotopic (exact) mass is 278 g/mol. The number of hydrogen-bond acceptors (Lipinski definition) is 3. The summed E-state index contributed by atoms with van der Waals surface area (Å²) in [6.45, 7) is 3.30. The third-order valence-electron chi connectivity index (χ3n) is 4.02. The summed E-state index contributed by atoms with van der Waals surface area (Å²) in [4.78, 5) is 6.78. The molecule has 1 aliphatic rings. The summed E-state index contributed by atoms with van der Waals surface area (Å²) in [5.74, 6) is 1.28. The molecule has 19 heavy (non-hydrogen) atoms. The Kier molecular flexibility index (Phi) is 3.37. The van der Waals surface area contributed by atoms with Crippen molar-refractivity contribution < 1.29 is 0 Å². The van der Waals surface area contributed by atoms with E-state index < -0.39 is 0 Å². The molecule has 1 saturated heterocycles. The summed E-state index contributed by atoms with van der Waals surface area (Å²) in [5, 5.41) is 0.705. The molecule has 0 saturated carbocycles. The van der Waals surface area contributed by atoms with Crippen molar-refractivity contribution in [3.63, 3.8) is 0 Å². The Bertz CT molecular complexity index is 584. The minimum atomic E-state index is 0.594. The number of piperidine rings is 1. The number of fused-ring (bicyclic) bond motifs is 1. The van der Waals surface area contributed by atoms with E-state index in [-0.39, 0.29) is 0 Å². The van der Waals surface area contributed by atoms with Crippen LogP contribution in [0.15, 0.2) is 18.2 Å². The van der Waals surface area contributed by atoms with Crippen LogP contribution in [-0.2, 0) is 6.54 Å². The van der Waals surface area contributed by atoms with Crippen molar-refractivity contribution in [2.45, 2.75) is 19.4 Å². The van der Waals surface area contributed by atoms with Gasteiger partial charge in [-0.25, -0.2) is 4.98 Å². The first kappa shape index (κ1) is 12.8. The Balaban J connectivity index is 1.86. The highest BCUT2D eigenvalue weighted by Crippen LogP contribution is 2.25. The van der Waals surface area contributed by atoms with E-state index >= 15 is 0 Å². The lowest BCUT2D eigenvalue weighted by Gasteiger charge is -2.29. The quantitative estimate of drug-likeness (QED) is 0.919. The molecule has 1 aromatic heterocycles. The van der Waals surface area contributed by atoms with Gasteiger partial charge in [-0.3, -0.25) is 0 Å². The fraction of sp³-hybridized carbons (Fsp3) is 0.500. The largest absolute Gasteiger partial charge is 0.369 e. The van der Waals surface area contributed by atoms with Gasteiger partial charge in [-0.15, -0.1) is 0 Å². The van der Waals surface area contributed by atoms with Gasteiger partial charge in [0.05, 0.1) is 11.0 Å². The van der Waals surface area contributed by atoms with Crippen molar-refractivity contribution in [1.29, 1.82) is 0 Å². The minimum Gasteiger partial charge on any atom is -0.369 e. The molecule has 0 spiro atoms. The maximum atomic E-state index is 6.05. The molecule has 0 atom stereocenters. The van der Waals surface area contributed by atoms with Gasteiger partial charge in [0.15, 0.2) is 0 Å². The highest BCUT2D eigenvalue weighted by atomic mass is 35.5. The average Bonchev–Trinajstić information content (AvgIpc) is 2.68. The first-order valence-corrected chi connectivity index (χ1v) is 7.11. The summed E-state index contributed by atoms with van der Waals surface area (Å²) >= 11 is 5.99. The molecule has 5 heteroatoms. The molecule has 0 amide bonds. The van der Waals surface area contributed by atoms with Crippen LogP contribution >= 0.6 is 11.6 Å². The number of anilines is 1. The van der Waals surface area contributed by atoms with Crippen molar-refractivity contribution in [2.24, 2.45) is 5.92 Å². The van der Waals surface area contributed by atoms with E-state index in [0.29, 0.717) is 16.9 Å². The Morgan fingerprint density at radius 3 is 2.84 bits per heavy atom. The molecule has 1 aliphatic heterocycles. The fourth-order valence-corrected chi connectivity index (χ4v) is 2.98. The van der Waals surface area contributed by atoms with Crippen molar-refractivity contribution in [3.05, 3.63) is 23.2 Å². The molecule has 102 valence electrons. The first-order valence-electron chi connectivity index (χ1n) is 6.73. The summed E-state index contributed by atoms with van der Waals surface area (Å²) in [5.41, 5.74) is 8.02. The maximum Gasteiger partial charge on any atom is 0.201 e. The maximum absolute atomic E-state index is 6.05. The Hall–Kier alpha value is -1.26. The molecule has 1 fully saturated rings. The van der Waals surface area contributed by atoms with E-state index in [9.17, 15) is 0 Å². The lowest BCUT2D eigenvalue weighted by molar-refractivity contribution is 0.206. The van der Waals surface area contributed by atoms with E-state index in [1.54, 1.807) is 0 Å².